The lowest BCUT2D eigenvalue weighted by atomic mass is 10.0. The van der Waals surface area contributed by atoms with E-state index in [2.05, 4.69) is 30.3 Å². The van der Waals surface area contributed by atoms with E-state index in [1.165, 1.54) is 16.8 Å². The van der Waals surface area contributed by atoms with Crippen LogP contribution in [0, 0.1) is 6.92 Å². The third kappa shape index (κ3) is 6.65. The van der Waals surface area contributed by atoms with Gasteiger partial charge in [0.15, 0.2) is 11.5 Å². The Hall–Kier alpha value is -5.47. The van der Waals surface area contributed by atoms with Gasteiger partial charge in [-0.15, -0.1) is 0 Å². The van der Waals surface area contributed by atoms with Crippen molar-refractivity contribution >= 4 is 40.1 Å². The van der Waals surface area contributed by atoms with Crippen molar-refractivity contribution in [1.29, 1.82) is 0 Å². The minimum absolute atomic E-state index is 0.0814. The molecule has 4 aromatic heterocycles. The number of aromatic nitrogens is 7. The summed E-state index contributed by atoms with van der Waals surface area (Å²) in [5.74, 6) is -0.0502. The van der Waals surface area contributed by atoms with Crippen molar-refractivity contribution in [3.8, 4) is 0 Å². The van der Waals surface area contributed by atoms with Crippen LogP contribution in [0.4, 0.5) is 16.3 Å². The monoisotopic (exact) mass is 668 g/mol. The number of ether oxygens (including phenoxy) is 1. The molecule has 0 bridgehead atoms. The average Bonchev–Trinajstić information content (AvgIpc) is 3.64. The fourth-order valence-electron chi connectivity index (χ4n) is 6.59. The van der Waals surface area contributed by atoms with E-state index in [1.54, 1.807) is 27.5 Å². The standard InChI is InChI=1S/C34H40N10O5/c1-20-16-43-19-27(36-30(43)25(35-20)18-42-15-12-28(45)38-32(42)47)37-31(46)23-8-9-26(24-17-40(5)39-29(23)24)41-13-10-22(11-14-41)44(21-6-7-21)33(48)49-34(2,3)4/h8-9,12,15-17,19,21-22H,6-7,10-11,13-14,18H2,1-5H3,(H,37,46)(H,38,45,47). The number of nitrogens with one attached hydrogen (secondary N) is 2. The zero-order chi connectivity index (χ0) is 34.6. The molecule has 2 amide bonds. The number of aromatic amines is 1. The van der Waals surface area contributed by atoms with Crippen molar-refractivity contribution in [2.24, 2.45) is 7.05 Å². The normalized spacial score (nSPS) is 15.6. The number of hydrogen-bond donors (Lipinski definition) is 2. The van der Waals surface area contributed by atoms with E-state index in [1.807, 2.05) is 51.9 Å². The Morgan fingerprint density at radius 2 is 1.76 bits per heavy atom. The zero-order valence-electron chi connectivity index (χ0n) is 28.3. The Balaban J connectivity index is 1.10. The van der Waals surface area contributed by atoms with Crippen LogP contribution < -0.4 is 21.5 Å². The maximum absolute atomic E-state index is 13.7. The fraction of sp³-hybridized carbons (Fsp3) is 0.441. The van der Waals surface area contributed by atoms with E-state index in [0.717, 1.165) is 49.8 Å². The van der Waals surface area contributed by atoms with Gasteiger partial charge in [0.1, 0.15) is 16.8 Å². The molecule has 2 N–H and O–H groups in total. The largest absolute Gasteiger partial charge is 0.444 e. The first-order valence-electron chi connectivity index (χ1n) is 16.5. The van der Waals surface area contributed by atoms with Crippen LogP contribution in [0.2, 0.25) is 0 Å². The van der Waals surface area contributed by atoms with E-state index in [0.29, 0.717) is 33.9 Å². The van der Waals surface area contributed by atoms with Crippen molar-refractivity contribution in [3.63, 3.8) is 0 Å². The number of piperidine rings is 1. The molecule has 15 heteroatoms. The van der Waals surface area contributed by atoms with Crippen LogP contribution in [0.15, 0.2) is 52.6 Å². The molecule has 0 radical (unpaired) electrons. The lowest BCUT2D eigenvalue weighted by Crippen LogP contribution is -2.50. The maximum Gasteiger partial charge on any atom is 0.410 e. The number of carbonyl (C=O) groups excluding carboxylic acids is 2. The van der Waals surface area contributed by atoms with Gasteiger partial charge < -0.3 is 24.3 Å². The molecule has 0 unspecified atom stereocenters. The Kier molecular flexibility index (Phi) is 7.99. The van der Waals surface area contributed by atoms with Gasteiger partial charge >= 0.3 is 11.8 Å². The predicted molar refractivity (Wildman–Crippen MR) is 183 cm³/mol. The second-order valence-corrected chi connectivity index (χ2v) is 13.9. The molecule has 2 aliphatic rings. The van der Waals surface area contributed by atoms with Gasteiger partial charge in [-0.05, 0) is 65.5 Å². The maximum atomic E-state index is 13.7. The van der Waals surface area contributed by atoms with E-state index >= 15 is 0 Å². The summed E-state index contributed by atoms with van der Waals surface area (Å²) in [6.07, 6.45) is 10.3. The van der Waals surface area contributed by atoms with Crippen LogP contribution in [-0.2, 0) is 18.3 Å². The number of anilines is 2. The van der Waals surface area contributed by atoms with Crippen molar-refractivity contribution in [2.75, 3.05) is 23.3 Å². The molecule has 1 saturated heterocycles. The summed E-state index contributed by atoms with van der Waals surface area (Å²) < 4.78 is 10.6. The summed E-state index contributed by atoms with van der Waals surface area (Å²) in [6, 6.07) is 5.40. The highest BCUT2D eigenvalue weighted by Gasteiger charge is 2.41. The Morgan fingerprint density at radius 3 is 2.45 bits per heavy atom. The fourth-order valence-corrected chi connectivity index (χ4v) is 6.59. The second kappa shape index (κ2) is 12.2. The first-order valence-corrected chi connectivity index (χ1v) is 16.5. The van der Waals surface area contributed by atoms with Crippen LogP contribution in [0.25, 0.3) is 16.6 Å². The van der Waals surface area contributed by atoms with Gasteiger partial charge in [-0.25, -0.2) is 14.6 Å². The number of aryl methyl sites for hydroxylation is 2. The number of rotatable bonds is 7. The molecule has 0 atom stereocenters. The molecule has 1 aliphatic heterocycles. The van der Waals surface area contributed by atoms with Gasteiger partial charge in [0.25, 0.3) is 11.5 Å². The van der Waals surface area contributed by atoms with Crippen molar-refractivity contribution in [2.45, 2.75) is 77.6 Å². The summed E-state index contributed by atoms with van der Waals surface area (Å²) in [4.78, 5) is 66.3. The van der Waals surface area contributed by atoms with Gasteiger partial charge in [0.2, 0.25) is 0 Å². The van der Waals surface area contributed by atoms with Crippen LogP contribution in [0.1, 0.15) is 68.2 Å². The molecule has 5 aromatic rings. The van der Waals surface area contributed by atoms with Crippen molar-refractivity contribution in [3.05, 3.63) is 80.8 Å². The Morgan fingerprint density at radius 1 is 1.02 bits per heavy atom. The predicted octanol–water partition coefficient (Wildman–Crippen LogP) is 3.44. The van der Waals surface area contributed by atoms with Gasteiger partial charge in [-0.2, -0.15) is 5.10 Å². The lowest BCUT2D eigenvalue weighted by molar-refractivity contribution is 0.0114. The summed E-state index contributed by atoms with van der Waals surface area (Å²) in [7, 11) is 1.83. The summed E-state index contributed by atoms with van der Waals surface area (Å²) in [5, 5.41) is 8.44. The number of fused-ring (bicyclic) bond motifs is 2. The summed E-state index contributed by atoms with van der Waals surface area (Å²) in [5.41, 5.74) is 2.06. The molecule has 0 spiro atoms. The van der Waals surface area contributed by atoms with Gasteiger partial charge in [-0.3, -0.25) is 28.8 Å². The summed E-state index contributed by atoms with van der Waals surface area (Å²) in [6.45, 7) is 9.12. The molecule has 1 saturated carbocycles. The molecule has 1 aromatic carbocycles. The minimum Gasteiger partial charge on any atom is -0.444 e. The first kappa shape index (κ1) is 32.1. The van der Waals surface area contributed by atoms with Crippen LogP contribution in [0.3, 0.4) is 0 Å². The molecule has 7 rings (SSSR count). The van der Waals surface area contributed by atoms with Gasteiger partial charge in [0, 0.05) is 68.0 Å². The Bertz CT molecular complexity index is 2190. The molecule has 15 nitrogen and oxygen atoms in total. The Labute approximate surface area is 281 Å². The molecule has 2 fully saturated rings. The number of amides is 2. The molecular weight excluding hydrogens is 628 g/mol. The number of imidazole rings is 1. The number of nitrogens with zero attached hydrogens (tertiary/aromatic N) is 8. The smallest absolute Gasteiger partial charge is 0.410 e. The number of carbonyl (C=O) groups is 2. The highest BCUT2D eigenvalue weighted by molar-refractivity contribution is 6.13. The number of H-pyrrole nitrogens is 1. The van der Waals surface area contributed by atoms with E-state index in [-0.39, 0.29) is 30.6 Å². The van der Waals surface area contributed by atoms with E-state index < -0.39 is 16.9 Å². The number of hydrogen-bond acceptors (Lipinski definition) is 9. The zero-order valence-corrected chi connectivity index (χ0v) is 28.3. The highest BCUT2D eigenvalue weighted by atomic mass is 16.6. The highest BCUT2D eigenvalue weighted by Crippen LogP contribution is 2.36. The van der Waals surface area contributed by atoms with Gasteiger partial charge in [0.05, 0.1) is 24.0 Å². The quantitative estimate of drug-likeness (QED) is 0.264. The van der Waals surface area contributed by atoms with Crippen molar-refractivity contribution < 1.29 is 14.3 Å². The molecule has 5 heterocycles. The lowest BCUT2D eigenvalue weighted by Gasteiger charge is -2.40. The third-order valence-electron chi connectivity index (χ3n) is 8.84. The summed E-state index contributed by atoms with van der Waals surface area (Å²) >= 11 is 0. The molecular formula is C34H40N10O5. The molecule has 1 aliphatic carbocycles. The molecule has 256 valence electrons. The van der Waals surface area contributed by atoms with Crippen LogP contribution in [0.5, 0.6) is 0 Å². The van der Waals surface area contributed by atoms with E-state index in [4.69, 9.17) is 4.74 Å². The number of benzene rings is 1. The topological polar surface area (TPSA) is 165 Å². The van der Waals surface area contributed by atoms with E-state index in [9.17, 15) is 19.2 Å². The first-order chi connectivity index (χ1) is 23.3. The average molecular weight is 669 g/mol. The van der Waals surface area contributed by atoms with Gasteiger partial charge in [-0.1, -0.05) is 0 Å². The second-order valence-electron chi connectivity index (χ2n) is 13.9. The molecule has 49 heavy (non-hydrogen) atoms. The van der Waals surface area contributed by atoms with Crippen LogP contribution >= 0.6 is 0 Å². The van der Waals surface area contributed by atoms with Crippen LogP contribution in [-0.4, -0.2) is 81.4 Å². The van der Waals surface area contributed by atoms with Crippen molar-refractivity contribution in [1.82, 2.24) is 38.6 Å². The minimum atomic E-state index is -0.553. The third-order valence-corrected chi connectivity index (χ3v) is 8.84. The SMILES string of the molecule is Cc1cn2cc(NC(=O)c3ccc(N4CCC(N(C(=O)OC(C)(C)C)C5CC5)CC4)c4cn(C)nc34)nc2c(Cn2ccc(=O)[nH]c2=O)n1.